The zero-order valence-corrected chi connectivity index (χ0v) is 10.7. The van der Waals surface area contributed by atoms with Crippen LogP contribution in [0.3, 0.4) is 0 Å². The molecule has 1 amide bonds. The second-order valence-corrected chi connectivity index (χ2v) is 4.68. The minimum Gasteiger partial charge on any atom is -0.365 e. The van der Waals surface area contributed by atoms with E-state index >= 15 is 0 Å². The number of primary amides is 1. The minimum absolute atomic E-state index is 0.0623. The highest BCUT2D eigenvalue weighted by Gasteiger charge is 2.19. The van der Waals surface area contributed by atoms with Crippen LogP contribution in [-0.4, -0.2) is 11.9 Å². The van der Waals surface area contributed by atoms with Crippen molar-refractivity contribution in [2.24, 2.45) is 5.73 Å². The Hall–Kier alpha value is -0.770. The largest absolute Gasteiger partial charge is 0.365 e. The van der Waals surface area contributed by atoms with Crippen LogP contribution < -0.4 is 11.1 Å². The molecule has 1 aromatic carbocycles. The van der Waals surface area contributed by atoms with Crippen LogP contribution in [0, 0.1) is 0 Å². The second kappa shape index (κ2) is 5.53. The molecule has 1 rings (SSSR count). The van der Waals surface area contributed by atoms with E-state index in [9.17, 15) is 4.79 Å². The summed E-state index contributed by atoms with van der Waals surface area (Å²) in [7, 11) is 0. The Morgan fingerprint density at radius 1 is 1.38 bits per heavy atom. The molecule has 0 aromatic heterocycles. The highest BCUT2D eigenvalue weighted by molar-refractivity contribution is 6.35. The van der Waals surface area contributed by atoms with Crippen LogP contribution in [0.5, 0.6) is 0 Å². The quantitative estimate of drug-likeness (QED) is 0.848. The lowest BCUT2D eigenvalue weighted by Gasteiger charge is -2.15. The predicted octanol–water partition coefficient (Wildman–Crippen LogP) is 1.49. The van der Waals surface area contributed by atoms with Gasteiger partial charge in [0.2, 0.25) is 0 Å². The van der Waals surface area contributed by atoms with Gasteiger partial charge in [0.15, 0.2) is 6.04 Å². The Morgan fingerprint density at radius 3 is 2.50 bits per heavy atom. The summed E-state index contributed by atoms with van der Waals surface area (Å²) >= 11 is 11.9. The molecule has 2 atom stereocenters. The molecule has 0 saturated heterocycles. The minimum atomic E-state index is -0.336. The summed E-state index contributed by atoms with van der Waals surface area (Å²) in [6.07, 6.45) is 0. The number of carbonyl (C=O) groups is 1. The molecule has 16 heavy (non-hydrogen) atoms. The van der Waals surface area contributed by atoms with E-state index in [0.717, 1.165) is 5.56 Å². The molecule has 0 aliphatic rings. The van der Waals surface area contributed by atoms with Gasteiger partial charge in [0, 0.05) is 10.6 Å². The SMILES string of the molecule is C[C@H]([NH2+][C@H](C)c1ccc(Cl)cc1Cl)C(N)=O. The van der Waals surface area contributed by atoms with E-state index in [1.54, 1.807) is 19.1 Å². The summed E-state index contributed by atoms with van der Waals surface area (Å²) in [5.74, 6) is -0.336. The van der Waals surface area contributed by atoms with E-state index in [1.165, 1.54) is 0 Å². The van der Waals surface area contributed by atoms with E-state index in [0.29, 0.717) is 10.0 Å². The fourth-order valence-electron chi connectivity index (χ4n) is 1.50. The lowest BCUT2D eigenvalue weighted by molar-refractivity contribution is -0.710. The second-order valence-electron chi connectivity index (χ2n) is 3.84. The van der Waals surface area contributed by atoms with Gasteiger partial charge >= 0.3 is 0 Å². The van der Waals surface area contributed by atoms with Crippen LogP contribution in [0.2, 0.25) is 10.0 Å². The first-order chi connectivity index (χ1) is 7.41. The third kappa shape index (κ3) is 3.37. The van der Waals surface area contributed by atoms with Crippen molar-refractivity contribution in [2.45, 2.75) is 25.9 Å². The van der Waals surface area contributed by atoms with Crippen LogP contribution >= 0.6 is 23.2 Å². The van der Waals surface area contributed by atoms with E-state index in [-0.39, 0.29) is 18.0 Å². The average Bonchev–Trinajstić information content (AvgIpc) is 2.16. The Bertz CT molecular complexity index is 396. The monoisotopic (exact) mass is 261 g/mol. The zero-order chi connectivity index (χ0) is 12.3. The van der Waals surface area contributed by atoms with Gasteiger partial charge < -0.3 is 11.1 Å². The zero-order valence-electron chi connectivity index (χ0n) is 9.21. The van der Waals surface area contributed by atoms with Crippen molar-refractivity contribution >= 4 is 29.1 Å². The van der Waals surface area contributed by atoms with Crippen molar-refractivity contribution in [3.8, 4) is 0 Å². The van der Waals surface area contributed by atoms with Crippen molar-refractivity contribution in [2.75, 3.05) is 0 Å². The maximum absolute atomic E-state index is 10.9. The molecule has 0 aliphatic heterocycles. The van der Waals surface area contributed by atoms with Crippen LogP contribution in [-0.2, 0) is 4.79 Å². The molecule has 0 heterocycles. The van der Waals surface area contributed by atoms with Gasteiger partial charge in [-0.3, -0.25) is 4.79 Å². The van der Waals surface area contributed by atoms with Gasteiger partial charge in [-0.2, -0.15) is 0 Å². The Morgan fingerprint density at radius 2 is 2.00 bits per heavy atom. The predicted molar refractivity (Wildman–Crippen MR) is 65.5 cm³/mol. The highest BCUT2D eigenvalue weighted by Crippen LogP contribution is 2.24. The maximum atomic E-state index is 10.9. The summed E-state index contributed by atoms with van der Waals surface area (Å²) in [5, 5.41) is 3.08. The molecule has 1 aromatic rings. The fourth-order valence-corrected chi connectivity index (χ4v) is 2.08. The van der Waals surface area contributed by atoms with Gasteiger partial charge in [0.25, 0.3) is 5.91 Å². The number of hydrogen-bond donors (Lipinski definition) is 2. The van der Waals surface area contributed by atoms with E-state index in [4.69, 9.17) is 28.9 Å². The third-order valence-electron chi connectivity index (χ3n) is 2.48. The molecule has 0 radical (unpaired) electrons. The van der Waals surface area contributed by atoms with E-state index < -0.39 is 0 Å². The van der Waals surface area contributed by atoms with Gasteiger partial charge in [-0.05, 0) is 26.0 Å². The van der Waals surface area contributed by atoms with Gasteiger partial charge in [-0.25, -0.2) is 0 Å². The van der Waals surface area contributed by atoms with Gasteiger partial charge in [-0.15, -0.1) is 0 Å². The number of rotatable bonds is 4. The van der Waals surface area contributed by atoms with Crippen LogP contribution in [0.15, 0.2) is 18.2 Å². The molecule has 0 saturated carbocycles. The van der Waals surface area contributed by atoms with Crippen LogP contribution in [0.4, 0.5) is 0 Å². The molecule has 0 bridgehead atoms. The topological polar surface area (TPSA) is 59.7 Å². The number of nitrogens with two attached hydrogens (primary N) is 2. The Kier molecular flexibility index (Phi) is 4.59. The molecule has 0 spiro atoms. The summed E-state index contributed by atoms with van der Waals surface area (Å²) in [6, 6.07) is 5.12. The number of amides is 1. The van der Waals surface area contributed by atoms with Gasteiger partial charge in [0.05, 0.1) is 5.02 Å². The molecule has 88 valence electrons. The van der Waals surface area contributed by atoms with E-state index in [2.05, 4.69) is 0 Å². The molecule has 0 aliphatic carbocycles. The standard InChI is InChI=1S/C11H14Cl2N2O/c1-6(15-7(2)11(14)16)9-4-3-8(12)5-10(9)13/h3-7,15H,1-2H3,(H2,14,16)/p+1/t6-,7+/m1/s1. The van der Waals surface area contributed by atoms with Crippen LogP contribution in [0.25, 0.3) is 0 Å². The first-order valence-corrected chi connectivity index (χ1v) is 5.76. The first-order valence-electron chi connectivity index (χ1n) is 5.01. The Labute approximate surface area is 105 Å². The van der Waals surface area contributed by atoms with Crippen molar-refractivity contribution < 1.29 is 10.1 Å². The number of halogens is 2. The number of carbonyl (C=O) groups excluding carboxylic acids is 1. The molecule has 4 N–H and O–H groups in total. The number of quaternary nitrogens is 1. The summed E-state index contributed by atoms with van der Waals surface area (Å²) < 4.78 is 0. The summed E-state index contributed by atoms with van der Waals surface area (Å²) in [4.78, 5) is 10.9. The molecule has 0 unspecified atom stereocenters. The lowest BCUT2D eigenvalue weighted by atomic mass is 10.1. The summed E-state index contributed by atoms with van der Waals surface area (Å²) in [6.45, 7) is 3.73. The molecule has 5 heteroatoms. The van der Waals surface area contributed by atoms with Crippen molar-refractivity contribution in [3.05, 3.63) is 33.8 Å². The van der Waals surface area contributed by atoms with Gasteiger partial charge in [-0.1, -0.05) is 29.3 Å². The lowest BCUT2D eigenvalue weighted by Crippen LogP contribution is -2.92. The van der Waals surface area contributed by atoms with Crippen molar-refractivity contribution in [3.63, 3.8) is 0 Å². The number of hydrogen-bond acceptors (Lipinski definition) is 1. The molecular weight excluding hydrogens is 247 g/mol. The molecular formula is C11H15Cl2N2O+. The highest BCUT2D eigenvalue weighted by atomic mass is 35.5. The van der Waals surface area contributed by atoms with Crippen molar-refractivity contribution in [1.82, 2.24) is 0 Å². The first kappa shape index (κ1) is 13.3. The third-order valence-corrected chi connectivity index (χ3v) is 3.04. The Balaban J connectivity index is 2.80. The van der Waals surface area contributed by atoms with E-state index in [1.807, 2.05) is 18.3 Å². The van der Waals surface area contributed by atoms with Gasteiger partial charge in [0.1, 0.15) is 6.04 Å². The normalized spacial score (nSPS) is 14.5. The average molecular weight is 262 g/mol. The number of benzene rings is 1. The molecule has 3 nitrogen and oxygen atoms in total. The fraction of sp³-hybridized carbons (Fsp3) is 0.364. The maximum Gasteiger partial charge on any atom is 0.275 e. The van der Waals surface area contributed by atoms with Crippen LogP contribution in [0.1, 0.15) is 25.5 Å². The van der Waals surface area contributed by atoms with Crippen molar-refractivity contribution in [1.29, 1.82) is 0 Å². The smallest absolute Gasteiger partial charge is 0.275 e. The molecule has 0 fully saturated rings. The summed E-state index contributed by atoms with van der Waals surface area (Å²) in [5.41, 5.74) is 6.14.